The molecule has 0 aromatic carbocycles. The van der Waals surface area contributed by atoms with E-state index in [1.807, 2.05) is 18.7 Å². The van der Waals surface area contributed by atoms with Gasteiger partial charge in [0.05, 0.1) is 11.9 Å². The molecule has 1 aromatic heterocycles. The van der Waals surface area contributed by atoms with Gasteiger partial charge in [0.25, 0.3) is 5.91 Å². The zero-order valence-corrected chi connectivity index (χ0v) is 13.1. The minimum absolute atomic E-state index is 0.119. The number of carbonyl (C=O) groups excluding carboxylic acids is 2. The van der Waals surface area contributed by atoms with Crippen LogP contribution < -0.4 is 5.32 Å². The van der Waals surface area contributed by atoms with Crippen LogP contribution in [0.4, 0.5) is 0 Å². The molecule has 1 N–H and O–H groups in total. The smallest absolute Gasteiger partial charge is 0.271 e. The molecule has 0 radical (unpaired) electrons. The predicted molar refractivity (Wildman–Crippen MR) is 81.2 cm³/mol. The number of aromatic nitrogens is 2. The maximum atomic E-state index is 12.2. The fourth-order valence-electron chi connectivity index (χ4n) is 3.65. The van der Waals surface area contributed by atoms with Crippen molar-refractivity contribution in [3.63, 3.8) is 0 Å². The van der Waals surface area contributed by atoms with Crippen molar-refractivity contribution in [2.24, 2.45) is 0 Å². The molecule has 6 heteroatoms. The molecule has 2 amide bonds. The van der Waals surface area contributed by atoms with Crippen molar-refractivity contribution in [1.29, 1.82) is 0 Å². The molecule has 2 aliphatic rings. The van der Waals surface area contributed by atoms with E-state index in [1.165, 1.54) is 6.20 Å². The number of nitrogens with one attached hydrogen (secondary N) is 1. The van der Waals surface area contributed by atoms with E-state index in [2.05, 4.69) is 15.3 Å². The van der Waals surface area contributed by atoms with Crippen molar-refractivity contribution in [3.05, 3.63) is 23.8 Å². The molecule has 2 aliphatic heterocycles. The minimum atomic E-state index is -0.174. The Morgan fingerprint density at radius 2 is 1.91 bits per heavy atom. The first-order chi connectivity index (χ1) is 10.6. The quantitative estimate of drug-likeness (QED) is 0.917. The van der Waals surface area contributed by atoms with Crippen molar-refractivity contribution >= 4 is 11.8 Å². The van der Waals surface area contributed by atoms with Crippen LogP contribution in [0.15, 0.2) is 12.4 Å². The highest BCUT2D eigenvalue weighted by Crippen LogP contribution is 2.36. The second kappa shape index (κ2) is 6.02. The van der Waals surface area contributed by atoms with E-state index in [1.54, 1.807) is 6.20 Å². The topological polar surface area (TPSA) is 75.2 Å². The van der Waals surface area contributed by atoms with Crippen LogP contribution in [0.3, 0.4) is 0 Å². The minimum Gasteiger partial charge on any atom is -0.348 e. The molecule has 1 aromatic rings. The summed E-state index contributed by atoms with van der Waals surface area (Å²) >= 11 is 0. The Labute approximate surface area is 130 Å². The van der Waals surface area contributed by atoms with Gasteiger partial charge in [0, 0.05) is 30.7 Å². The normalized spacial score (nSPS) is 26.8. The average molecular weight is 302 g/mol. The van der Waals surface area contributed by atoms with Crippen molar-refractivity contribution in [3.8, 4) is 0 Å². The van der Waals surface area contributed by atoms with E-state index < -0.39 is 0 Å². The molecule has 6 nitrogen and oxygen atoms in total. The lowest BCUT2D eigenvalue weighted by Crippen LogP contribution is -2.52. The van der Waals surface area contributed by atoms with Gasteiger partial charge >= 0.3 is 0 Å². The van der Waals surface area contributed by atoms with E-state index in [9.17, 15) is 9.59 Å². The Morgan fingerprint density at radius 1 is 1.23 bits per heavy atom. The molecular weight excluding hydrogens is 280 g/mol. The van der Waals surface area contributed by atoms with Crippen LogP contribution in [-0.2, 0) is 4.79 Å². The molecule has 22 heavy (non-hydrogen) atoms. The van der Waals surface area contributed by atoms with Crippen LogP contribution in [0.25, 0.3) is 0 Å². The highest BCUT2D eigenvalue weighted by Gasteiger charge is 2.42. The molecule has 2 saturated heterocycles. The van der Waals surface area contributed by atoms with Crippen LogP contribution >= 0.6 is 0 Å². The van der Waals surface area contributed by atoms with Crippen LogP contribution in [0.2, 0.25) is 0 Å². The molecule has 0 saturated carbocycles. The first-order valence-electron chi connectivity index (χ1n) is 7.99. The molecule has 3 rings (SSSR count). The van der Waals surface area contributed by atoms with Gasteiger partial charge in [-0.15, -0.1) is 0 Å². The Morgan fingerprint density at radius 3 is 2.45 bits per heavy atom. The van der Waals surface area contributed by atoms with E-state index in [0.717, 1.165) is 31.4 Å². The van der Waals surface area contributed by atoms with Crippen LogP contribution in [0, 0.1) is 6.92 Å². The molecule has 118 valence electrons. The molecule has 3 heterocycles. The van der Waals surface area contributed by atoms with Crippen LogP contribution in [0.5, 0.6) is 0 Å². The number of amides is 2. The van der Waals surface area contributed by atoms with E-state index in [0.29, 0.717) is 12.1 Å². The molecule has 1 unspecified atom stereocenters. The maximum Gasteiger partial charge on any atom is 0.271 e. The molecule has 2 bridgehead atoms. The molecule has 3 atom stereocenters. The molecular formula is C16H22N4O2. The summed E-state index contributed by atoms with van der Waals surface area (Å²) in [5, 5.41) is 3.05. The summed E-state index contributed by atoms with van der Waals surface area (Å²) in [6.07, 6.45) is 7.44. The average Bonchev–Trinajstić information content (AvgIpc) is 2.78. The van der Waals surface area contributed by atoms with E-state index in [-0.39, 0.29) is 29.9 Å². The van der Waals surface area contributed by atoms with Crippen LogP contribution in [-0.4, -0.2) is 44.8 Å². The number of rotatable bonds is 3. The third-order valence-corrected chi connectivity index (χ3v) is 4.67. The van der Waals surface area contributed by atoms with Gasteiger partial charge < -0.3 is 10.2 Å². The second-order valence-corrected chi connectivity index (χ2v) is 6.22. The standard InChI is InChI=1S/C16H22N4O2/c1-3-15(21)20-12-4-5-13(20)7-11(6-12)19-16(22)14-9-17-10(2)8-18-14/h8-9,11-13H,3-7H2,1-2H3,(H,19,22)/t11?,12-,13+. The number of piperidine rings is 1. The first-order valence-corrected chi connectivity index (χ1v) is 7.99. The Hall–Kier alpha value is -1.98. The van der Waals surface area contributed by atoms with Crippen molar-refractivity contribution in [1.82, 2.24) is 20.2 Å². The van der Waals surface area contributed by atoms with Gasteiger partial charge in [-0.05, 0) is 32.6 Å². The fourth-order valence-corrected chi connectivity index (χ4v) is 3.65. The van der Waals surface area contributed by atoms with E-state index in [4.69, 9.17) is 0 Å². The fraction of sp³-hybridized carbons (Fsp3) is 0.625. The van der Waals surface area contributed by atoms with Gasteiger partial charge in [0.15, 0.2) is 0 Å². The summed E-state index contributed by atoms with van der Waals surface area (Å²) in [6.45, 7) is 3.75. The lowest BCUT2D eigenvalue weighted by molar-refractivity contribution is -0.135. The second-order valence-electron chi connectivity index (χ2n) is 6.22. The predicted octanol–water partition coefficient (Wildman–Crippen LogP) is 1.45. The van der Waals surface area contributed by atoms with Gasteiger partial charge in [0.1, 0.15) is 5.69 Å². The van der Waals surface area contributed by atoms with Crippen LogP contribution in [0.1, 0.15) is 55.2 Å². The third-order valence-electron chi connectivity index (χ3n) is 4.67. The summed E-state index contributed by atoms with van der Waals surface area (Å²) in [7, 11) is 0. The van der Waals surface area contributed by atoms with Gasteiger partial charge in [-0.3, -0.25) is 14.6 Å². The maximum absolute atomic E-state index is 12.2. The number of hydrogen-bond donors (Lipinski definition) is 1. The number of hydrogen-bond acceptors (Lipinski definition) is 4. The summed E-state index contributed by atoms with van der Waals surface area (Å²) < 4.78 is 0. The number of fused-ring (bicyclic) bond motifs is 2. The number of carbonyl (C=O) groups is 2. The third kappa shape index (κ3) is 2.82. The van der Waals surface area contributed by atoms with Crippen molar-refractivity contribution < 1.29 is 9.59 Å². The number of aryl methyl sites for hydroxylation is 1. The monoisotopic (exact) mass is 302 g/mol. The SMILES string of the molecule is CCC(=O)N1[C@@H]2CC[C@H]1CC(NC(=O)c1cnc(C)cn1)C2. The lowest BCUT2D eigenvalue weighted by atomic mass is 9.96. The molecule has 0 aliphatic carbocycles. The highest BCUT2D eigenvalue weighted by molar-refractivity contribution is 5.92. The first kappa shape index (κ1) is 14.9. The Balaban J connectivity index is 1.63. The summed E-state index contributed by atoms with van der Waals surface area (Å²) in [5.41, 5.74) is 1.14. The van der Waals surface area contributed by atoms with Gasteiger partial charge in [-0.2, -0.15) is 0 Å². The summed E-state index contributed by atoms with van der Waals surface area (Å²) in [6, 6.07) is 0.676. The summed E-state index contributed by atoms with van der Waals surface area (Å²) in [5.74, 6) is 0.0637. The summed E-state index contributed by atoms with van der Waals surface area (Å²) in [4.78, 5) is 34.5. The van der Waals surface area contributed by atoms with Gasteiger partial charge in [-0.25, -0.2) is 4.98 Å². The number of nitrogens with zero attached hydrogens (tertiary/aromatic N) is 3. The lowest BCUT2D eigenvalue weighted by Gasteiger charge is -2.39. The largest absolute Gasteiger partial charge is 0.348 e. The van der Waals surface area contributed by atoms with E-state index >= 15 is 0 Å². The zero-order valence-electron chi connectivity index (χ0n) is 13.1. The van der Waals surface area contributed by atoms with Crippen molar-refractivity contribution in [2.45, 2.75) is 64.1 Å². The Kier molecular flexibility index (Phi) is 4.09. The molecule has 0 spiro atoms. The van der Waals surface area contributed by atoms with Crippen molar-refractivity contribution in [2.75, 3.05) is 0 Å². The zero-order chi connectivity index (χ0) is 15.7. The van der Waals surface area contributed by atoms with Gasteiger partial charge in [-0.1, -0.05) is 6.92 Å². The molecule has 2 fully saturated rings. The van der Waals surface area contributed by atoms with Gasteiger partial charge in [0.2, 0.25) is 5.91 Å². The Bertz CT molecular complexity index is 558. The highest BCUT2D eigenvalue weighted by atomic mass is 16.2.